The van der Waals surface area contributed by atoms with Crippen LogP contribution in [0.2, 0.25) is 0 Å². The predicted molar refractivity (Wildman–Crippen MR) is 60.7 cm³/mol. The molecule has 2 rings (SSSR count). The summed E-state index contributed by atoms with van der Waals surface area (Å²) in [5.41, 5.74) is 7.86. The Labute approximate surface area is 98.8 Å². The zero-order valence-corrected chi connectivity index (χ0v) is 9.30. The van der Waals surface area contributed by atoms with Gasteiger partial charge < -0.3 is 20.7 Å². The standard InChI is InChI=1S/C12H15NO4/c13-10-5-7-1-2-8(14)6-9(7)12(10)17-4-3-11(15)16/h1-2,6,10,12,14H,3-5,13H2,(H,15,16). The fourth-order valence-corrected chi connectivity index (χ4v) is 2.11. The van der Waals surface area contributed by atoms with Crippen molar-refractivity contribution in [2.75, 3.05) is 6.61 Å². The summed E-state index contributed by atoms with van der Waals surface area (Å²) in [5.74, 6) is -0.725. The number of hydrogen-bond donors (Lipinski definition) is 3. The minimum absolute atomic E-state index is 0.0443. The van der Waals surface area contributed by atoms with Crippen LogP contribution in [-0.4, -0.2) is 28.8 Å². The molecule has 5 nitrogen and oxygen atoms in total. The maximum absolute atomic E-state index is 10.4. The number of aliphatic carboxylic acids is 1. The molecule has 0 aliphatic heterocycles. The third-order valence-corrected chi connectivity index (χ3v) is 2.89. The Morgan fingerprint density at radius 1 is 1.53 bits per heavy atom. The molecule has 17 heavy (non-hydrogen) atoms. The van der Waals surface area contributed by atoms with Crippen LogP contribution in [0.3, 0.4) is 0 Å². The van der Waals surface area contributed by atoms with E-state index in [1.165, 1.54) is 0 Å². The van der Waals surface area contributed by atoms with Crippen LogP contribution in [0.25, 0.3) is 0 Å². The van der Waals surface area contributed by atoms with Gasteiger partial charge in [0, 0.05) is 6.04 Å². The Morgan fingerprint density at radius 3 is 3.00 bits per heavy atom. The van der Waals surface area contributed by atoms with Gasteiger partial charge in [0.15, 0.2) is 0 Å². The number of carboxylic acid groups (broad SMARTS) is 1. The van der Waals surface area contributed by atoms with Crippen molar-refractivity contribution in [3.05, 3.63) is 29.3 Å². The molecule has 1 aliphatic carbocycles. The van der Waals surface area contributed by atoms with E-state index < -0.39 is 5.97 Å². The highest BCUT2D eigenvalue weighted by Crippen LogP contribution is 2.35. The molecule has 0 bridgehead atoms. The molecule has 0 spiro atoms. The van der Waals surface area contributed by atoms with Crippen molar-refractivity contribution in [3.63, 3.8) is 0 Å². The highest BCUT2D eigenvalue weighted by Gasteiger charge is 2.30. The maximum Gasteiger partial charge on any atom is 0.305 e. The van der Waals surface area contributed by atoms with Crippen LogP contribution >= 0.6 is 0 Å². The summed E-state index contributed by atoms with van der Waals surface area (Å²) in [6.07, 6.45) is 0.321. The van der Waals surface area contributed by atoms with Gasteiger partial charge >= 0.3 is 5.97 Å². The number of carbonyl (C=O) groups is 1. The van der Waals surface area contributed by atoms with E-state index in [0.29, 0.717) is 6.42 Å². The molecule has 2 unspecified atom stereocenters. The lowest BCUT2D eigenvalue weighted by Crippen LogP contribution is -2.27. The fraction of sp³-hybridized carbons (Fsp3) is 0.417. The second-order valence-electron chi connectivity index (χ2n) is 4.19. The maximum atomic E-state index is 10.4. The molecule has 0 saturated carbocycles. The molecule has 5 heteroatoms. The fourth-order valence-electron chi connectivity index (χ4n) is 2.11. The monoisotopic (exact) mass is 237 g/mol. The average Bonchev–Trinajstić information content (AvgIpc) is 2.55. The molecule has 1 aromatic rings. The lowest BCUT2D eigenvalue weighted by atomic mass is 10.1. The van der Waals surface area contributed by atoms with E-state index in [4.69, 9.17) is 15.6 Å². The van der Waals surface area contributed by atoms with Crippen LogP contribution in [0.15, 0.2) is 18.2 Å². The Hall–Kier alpha value is -1.59. The summed E-state index contributed by atoms with van der Waals surface area (Å²) >= 11 is 0. The van der Waals surface area contributed by atoms with Gasteiger partial charge in [-0.25, -0.2) is 0 Å². The van der Waals surface area contributed by atoms with Gasteiger partial charge in [-0.3, -0.25) is 4.79 Å². The molecule has 2 atom stereocenters. The van der Waals surface area contributed by atoms with Crippen molar-refractivity contribution in [2.45, 2.75) is 25.0 Å². The summed E-state index contributed by atoms with van der Waals surface area (Å²) in [7, 11) is 0. The van der Waals surface area contributed by atoms with Gasteiger partial charge in [-0.05, 0) is 29.7 Å². The molecule has 0 aromatic heterocycles. The van der Waals surface area contributed by atoms with E-state index >= 15 is 0 Å². The van der Waals surface area contributed by atoms with E-state index in [1.807, 2.05) is 6.07 Å². The summed E-state index contributed by atoms with van der Waals surface area (Å²) in [4.78, 5) is 10.4. The van der Waals surface area contributed by atoms with Crippen molar-refractivity contribution in [1.29, 1.82) is 0 Å². The van der Waals surface area contributed by atoms with Crippen LogP contribution < -0.4 is 5.73 Å². The first-order valence-corrected chi connectivity index (χ1v) is 5.48. The Morgan fingerprint density at radius 2 is 2.29 bits per heavy atom. The zero-order chi connectivity index (χ0) is 12.4. The lowest BCUT2D eigenvalue weighted by molar-refractivity contribution is -0.138. The molecule has 0 saturated heterocycles. The molecule has 4 N–H and O–H groups in total. The van der Waals surface area contributed by atoms with Crippen molar-refractivity contribution in [2.24, 2.45) is 5.73 Å². The Kier molecular flexibility index (Phi) is 3.31. The average molecular weight is 237 g/mol. The van der Waals surface area contributed by atoms with Gasteiger partial charge in [0.05, 0.1) is 19.1 Å². The Bertz CT molecular complexity index is 433. The number of benzene rings is 1. The summed E-state index contributed by atoms with van der Waals surface area (Å²) in [5, 5.41) is 18.0. The van der Waals surface area contributed by atoms with Gasteiger partial charge in [-0.2, -0.15) is 0 Å². The van der Waals surface area contributed by atoms with Gasteiger partial charge in [0.1, 0.15) is 5.75 Å². The minimum atomic E-state index is -0.896. The summed E-state index contributed by atoms with van der Waals surface area (Å²) < 4.78 is 5.49. The zero-order valence-electron chi connectivity index (χ0n) is 9.30. The molecular weight excluding hydrogens is 222 g/mol. The number of ether oxygens (including phenoxy) is 1. The number of aromatic hydroxyl groups is 1. The second-order valence-corrected chi connectivity index (χ2v) is 4.19. The molecule has 0 heterocycles. The SMILES string of the molecule is NC1Cc2ccc(O)cc2C1OCCC(=O)O. The third-order valence-electron chi connectivity index (χ3n) is 2.89. The number of phenolic OH excluding ortho intramolecular Hbond substituents is 1. The largest absolute Gasteiger partial charge is 0.508 e. The number of phenols is 1. The van der Waals surface area contributed by atoms with Crippen molar-refractivity contribution < 1.29 is 19.7 Å². The topological polar surface area (TPSA) is 92.8 Å². The minimum Gasteiger partial charge on any atom is -0.508 e. The van der Waals surface area contributed by atoms with Gasteiger partial charge in [0.2, 0.25) is 0 Å². The van der Waals surface area contributed by atoms with Crippen LogP contribution in [0.1, 0.15) is 23.7 Å². The quantitative estimate of drug-likeness (QED) is 0.720. The molecule has 92 valence electrons. The summed E-state index contributed by atoms with van der Waals surface area (Å²) in [6.45, 7) is 0.128. The first-order chi connectivity index (χ1) is 8.08. The first-order valence-electron chi connectivity index (χ1n) is 5.48. The van der Waals surface area contributed by atoms with Crippen LogP contribution in [0, 0.1) is 0 Å². The number of rotatable bonds is 4. The number of fused-ring (bicyclic) bond motifs is 1. The van der Waals surface area contributed by atoms with E-state index in [0.717, 1.165) is 11.1 Å². The highest BCUT2D eigenvalue weighted by atomic mass is 16.5. The Balaban J connectivity index is 2.08. The summed E-state index contributed by atoms with van der Waals surface area (Å²) in [6, 6.07) is 4.89. The van der Waals surface area contributed by atoms with Gasteiger partial charge in [-0.15, -0.1) is 0 Å². The number of nitrogens with two attached hydrogens (primary N) is 1. The van der Waals surface area contributed by atoms with Crippen LogP contribution in [0.4, 0.5) is 0 Å². The molecular formula is C12H15NO4. The van der Waals surface area contributed by atoms with Crippen LogP contribution in [-0.2, 0) is 16.0 Å². The molecule has 0 fully saturated rings. The van der Waals surface area contributed by atoms with E-state index in [2.05, 4.69) is 0 Å². The highest BCUT2D eigenvalue weighted by molar-refractivity contribution is 5.66. The third kappa shape index (κ3) is 2.57. The van der Waals surface area contributed by atoms with E-state index in [-0.39, 0.29) is 30.9 Å². The smallest absolute Gasteiger partial charge is 0.305 e. The van der Waals surface area contributed by atoms with Crippen molar-refractivity contribution in [1.82, 2.24) is 0 Å². The van der Waals surface area contributed by atoms with Crippen LogP contribution in [0.5, 0.6) is 5.75 Å². The molecule has 0 radical (unpaired) electrons. The van der Waals surface area contributed by atoms with Gasteiger partial charge in [0.25, 0.3) is 0 Å². The van der Waals surface area contributed by atoms with Crippen molar-refractivity contribution >= 4 is 5.97 Å². The normalized spacial score (nSPS) is 22.4. The number of carboxylic acids is 1. The predicted octanol–water partition coefficient (Wildman–Crippen LogP) is 0.808. The van der Waals surface area contributed by atoms with Crippen molar-refractivity contribution in [3.8, 4) is 5.75 Å². The number of hydrogen-bond acceptors (Lipinski definition) is 4. The second kappa shape index (κ2) is 4.73. The molecule has 1 aliphatic rings. The first kappa shape index (κ1) is 11.9. The lowest BCUT2D eigenvalue weighted by Gasteiger charge is -2.17. The molecule has 1 aromatic carbocycles. The van der Waals surface area contributed by atoms with Gasteiger partial charge in [-0.1, -0.05) is 6.07 Å². The van der Waals surface area contributed by atoms with E-state index in [1.54, 1.807) is 12.1 Å². The van der Waals surface area contributed by atoms with E-state index in [9.17, 15) is 9.90 Å². The molecule has 0 amide bonds.